The lowest BCUT2D eigenvalue weighted by Crippen LogP contribution is -2.17. The highest BCUT2D eigenvalue weighted by Gasteiger charge is 2.19. The van der Waals surface area contributed by atoms with Crippen LogP contribution in [0, 0.1) is 0 Å². The van der Waals surface area contributed by atoms with E-state index in [0.29, 0.717) is 11.1 Å². The summed E-state index contributed by atoms with van der Waals surface area (Å²) in [5.41, 5.74) is -0.0776. The number of nitrogens with zero attached hydrogens (tertiary/aromatic N) is 1. The Hall–Kier alpha value is -1.14. The van der Waals surface area contributed by atoms with Gasteiger partial charge in [-0.2, -0.15) is 0 Å². The molecule has 6 heteroatoms. The third-order valence-corrected chi connectivity index (χ3v) is 2.90. The van der Waals surface area contributed by atoms with Gasteiger partial charge in [0.1, 0.15) is 6.61 Å². The lowest BCUT2D eigenvalue weighted by Gasteiger charge is -2.12. The van der Waals surface area contributed by atoms with Crippen LogP contribution in [0.15, 0.2) is 16.7 Å². The minimum absolute atomic E-state index is 0.0515. The monoisotopic (exact) mass is 301 g/mol. The molecule has 0 radical (unpaired) electrons. The van der Waals surface area contributed by atoms with Crippen LogP contribution in [-0.2, 0) is 4.74 Å². The largest absolute Gasteiger partial charge is 0.488 e. The van der Waals surface area contributed by atoms with Gasteiger partial charge in [0.05, 0.1) is 6.10 Å². The number of carboxylic acids is 1. The molecule has 92 valence electrons. The van der Waals surface area contributed by atoms with Crippen LogP contribution < -0.4 is 4.74 Å². The molecule has 1 fully saturated rings. The molecule has 1 unspecified atom stereocenters. The van der Waals surface area contributed by atoms with Gasteiger partial charge in [-0.1, -0.05) is 0 Å². The molecule has 1 atom stereocenters. The van der Waals surface area contributed by atoms with E-state index in [1.807, 2.05) is 0 Å². The first-order valence-electron chi connectivity index (χ1n) is 5.30. The second-order valence-electron chi connectivity index (χ2n) is 3.75. The van der Waals surface area contributed by atoms with Crippen LogP contribution in [0.2, 0.25) is 0 Å². The second-order valence-corrected chi connectivity index (χ2v) is 4.67. The van der Waals surface area contributed by atoms with Crippen LogP contribution >= 0.6 is 15.9 Å². The summed E-state index contributed by atoms with van der Waals surface area (Å²) < 4.78 is 11.6. The zero-order valence-corrected chi connectivity index (χ0v) is 10.6. The number of pyridine rings is 1. The van der Waals surface area contributed by atoms with Crippen molar-refractivity contribution in [2.45, 2.75) is 18.9 Å². The van der Waals surface area contributed by atoms with Crippen LogP contribution in [0.25, 0.3) is 0 Å². The highest BCUT2D eigenvalue weighted by molar-refractivity contribution is 9.10. The van der Waals surface area contributed by atoms with E-state index in [1.165, 1.54) is 6.20 Å². The first-order chi connectivity index (χ1) is 8.16. The van der Waals surface area contributed by atoms with Crippen LogP contribution in [0.1, 0.15) is 23.3 Å². The molecule has 1 N–H and O–H groups in total. The van der Waals surface area contributed by atoms with E-state index in [9.17, 15) is 4.79 Å². The number of hydrogen-bond donors (Lipinski definition) is 1. The van der Waals surface area contributed by atoms with Gasteiger partial charge in [-0.3, -0.25) is 0 Å². The molecular weight excluding hydrogens is 290 g/mol. The van der Waals surface area contributed by atoms with Gasteiger partial charge in [-0.05, 0) is 34.8 Å². The quantitative estimate of drug-likeness (QED) is 0.922. The average Bonchev–Trinajstić information content (AvgIpc) is 2.78. The molecule has 1 aliphatic rings. The molecule has 0 aliphatic carbocycles. The van der Waals surface area contributed by atoms with Gasteiger partial charge in [0.15, 0.2) is 11.4 Å². The van der Waals surface area contributed by atoms with E-state index in [1.54, 1.807) is 6.07 Å². The summed E-state index contributed by atoms with van der Waals surface area (Å²) in [5.74, 6) is -0.831. The Morgan fingerprint density at radius 3 is 3.18 bits per heavy atom. The number of aromatic nitrogens is 1. The minimum Gasteiger partial charge on any atom is -0.488 e. The molecule has 17 heavy (non-hydrogen) atoms. The third kappa shape index (κ3) is 3.17. The fourth-order valence-electron chi connectivity index (χ4n) is 1.65. The third-order valence-electron chi connectivity index (χ3n) is 2.47. The molecule has 0 amide bonds. The maximum atomic E-state index is 10.9. The Balaban J connectivity index is 2.07. The molecule has 0 aromatic carbocycles. The molecule has 1 aliphatic heterocycles. The fraction of sp³-hybridized carbons (Fsp3) is 0.455. The predicted molar refractivity (Wildman–Crippen MR) is 63.4 cm³/mol. The number of hydrogen-bond acceptors (Lipinski definition) is 4. The van der Waals surface area contributed by atoms with Crippen LogP contribution in [0.5, 0.6) is 5.75 Å². The maximum Gasteiger partial charge on any atom is 0.358 e. The number of ether oxygens (including phenoxy) is 2. The lowest BCUT2D eigenvalue weighted by atomic mass is 10.2. The number of aromatic carboxylic acids is 1. The molecule has 0 saturated carbocycles. The zero-order valence-electron chi connectivity index (χ0n) is 9.06. The fourth-order valence-corrected chi connectivity index (χ4v) is 1.96. The summed E-state index contributed by atoms with van der Waals surface area (Å²) in [5, 5.41) is 8.96. The number of rotatable bonds is 4. The maximum absolute atomic E-state index is 10.9. The van der Waals surface area contributed by atoms with Crippen molar-refractivity contribution in [2.75, 3.05) is 13.2 Å². The Morgan fingerprint density at radius 2 is 2.53 bits per heavy atom. The summed E-state index contributed by atoms with van der Waals surface area (Å²) >= 11 is 3.23. The van der Waals surface area contributed by atoms with Gasteiger partial charge in [-0.15, -0.1) is 0 Å². The van der Waals surface area contributed by atoms with Crippen molar-refractivity contribution in [3.8, 4) is 5.75 Å². The van der Waals surface area contributed by atoms with E-state index < -0.39 is 5.97 Å². The van der Waals surface area contributed by atoms with E-state index in [2.05, 4.69) is 20.9 Å². The Kier molecular flexibility index (Phi) is 3.96. The zero-order chi connectivity index (χ0) is 12.3. The minimum atomic E-state index is -1.10. The predicted octanol–water partition coefficient (Wildman–Crippen LogP) is 2.10. The van der Waals surface area contributed by atoms with Gasteiger partial charge < -0.3 is 14.6 Å². The summed E-state index contributed by atoms with van der Waals surface area (Å²) in [7, 11) is 0. The number of carboxylic acid groups (broad SMARTS) is 1. The highest BCUT2D eigenvalue weighted by atomic mass is 79.9. The van der Waals surface area contributed by atoms with Crippen molar-refractivity contribution in [2.24, 2.45) is 0 Å². The Labute approximate surface area is 107 Å². The van der Waals surface area contributed by atoms with Crippen molar-refractivity contribution in [1.29, 1.82) is 0 Å². The summed E-state index contributed by atoms with van der Waals surface area (Å²) in [4.78, 5) is 14.8. The van der Waals surface area contributed by atoms with Gasteiger partial charge in [0, 0.05) is 17.3 Å². The summed E-state index contributed by atoms with van der Waals surface area (Å²) in [6.45, 7) is 1.11. The van der Waals surface area contributed by atoms with Crippen molar-refractivity contribution in [3.63, 3.8) is 0 Å². The smallest absolute Gasteiger partial charge is 0.358 e. The standard InChI is InChI=1S/C11H12BrNO4/c12-7-4-9(10(11(14)15)13-5-7)17-6-8-2-1-3-16-8/h4-5,8H,1-3,6H2,(H,14,15). The van der Waals surface area contributed by atoms with Gasteiger partial charge in [0.2, 0.25) is 0 Å². The average molecular weight is 302 g/mol. The summed E-state index contributed by atoms with van der Waals surface area (Å²) in [6.07, 6.45) is 3.46. The van der Waals surface area contributed by atoms with E-state index in [-0.39, 0.29) is 17.5 Å². The first kappa shape index (κ1) is 12.3. The number of carbonyl (C=O) groups is 1. The molecule has 1 saturated heterocycles. The topological polar surface area (TPSA) is 68.7 Å². The van der Waals surface area contributed by atoms with Crippen molar-refractivity contribution in [1.82, 2.24) is 4.98 Å². The van der Waals surface area contributed by atoms with Crippen LogP contribution in [0.3, 0.4) is 0 Å². The second kappa shape index (κ2) is 5.46. The highest BCUT2D eigenvalue weighted by Crippen LogP contribution is 2.22. The van der Waals surface area contributed by atoms with Crippen molar-refractivity contribution >= 4 is 21.9 Å². The molecule has 1 aromatic heterocycles. The van der Waals surface area contributed by atoms with Crippen LogP contribution in [0.4, 0.5) is 0 Å². The summed E-state index contributed by atoms with van der Waals surface area (Å²) in [6, 6.07) is 1.60. The molecule has 0 bridgehead atoms. The van der Waals surface area contributed by atoms with Crippen LogP contribution in [-0.4, -0.2) is 35.4 Å². The van der Waals surface area contributed by atoms with Gasteiger partial charge in [-0.25, -0.2) is 9.78 Å². The molecular formula is C11H12BrNO4. The lowest BCUT2D eigenvalue weighted by molar-refractivity contribution is 0.0623. The molecule has 0 spiro atoms. The van der Waals surface area contributed by atoms with E-state index in [4.69, 9.17) is 14.6 Å². The van der Waals surface area contributed by atoms with Gasteiger partial charge in [0.25, 0.3) is 0 Å². The Bertz CT molecular complexity index is 418. The van der Waals surface area contributed by atoms with Crippen molar-refractivity contribution in [3.05, 3.63) is 22.4 Å². The normalized spacial score (nSPS) is 19.2. The molecule has 2 rings (SSSR count). The van der Waals surface area contributed by atoms with E-state index >= 15 is 0 Å². The molecule has 5 nitrogen and oxygen atoms in total. The Morgan fingerprint density at radius 1 is 1.71 bits per heavy atom. The SMILES string of the molecule is O=C(O)c1ncc(Br)cc1OCC1CCCO1. The van der Waals surface area contributed by atoms with Gasteiger partial charge >= 0.3 is 5.97 Å². The molecule has 2 heterocycles. The first-order valence-corrected chi connectivity index (χ1v) is 6.09. The number of halogens is 1. The van der Waals surface area contributed by atoms with E-state index in [0.717, 1.165) is 19.4 Å². The molecule has 1 aromatic rings. The van der Waals surface area contributed by atoms with Crippen molar-refractivity contribution < 1.29 is 19.4 Å².